The zero-order valence-electron chi connectivity index (χ0n) is 15.3. The lowest BCUT2D eigenvalue weighted by Gasteiger charge is -2.36. The van der Waals surface area contributed by atoms with Crippen molar-refractivity contribution in [2.24, 2.45) is 17.1 Å². The molecule has 0 aromatic heterocycles. The minimum Gasteiger partial charge on any atom is -0.381 e. The minimum atomic E-state index is -0.660. The van der Waals surface area contributed by atoms with E-state index in [4.69, 9.17) is 10.5 Å². The number of piperidine rings is 1. The maximum absolute atomic E-state index is 12.7. The van der Waals surface area contributed by atoms with Crippen molar-refractivity contribution in [3.05, 3.63) is 35.9 Å². The molecule has 2 amide bonds. The van der Waals surface area contributed by atoms with Gasteiger partial charge in [0.25, 0.3) is 0 Å². The summed E-state index contributed by atoms with van der Waals surface area (Å²) in [6.45, 7) is 4.00. The van der Waals surface area contributed by atoms with E-state index in [0.717, 1.165) is 32.5 Å². The third-order valence-electron chi connectivity index (χ3n) is 5.70. The highest BCUT2D eigenvalue weighted by molar-refractivity contribution is 5.83. The number of amides is 2. The highest BCUT2D eigenvalue weighted by Crippen LogP contribution is 2.29. The van der Waals surface area contributed by atoms with Crippen LogP contribution in [-0.2, 0) is 20.9 Å². The third-order valence-corrected chi connectivity index (χ3v) is 5.70. The molecule has 2 aliphatic rings. The molecular formula is C20H29N3O3. The summed E-state index contributed by atoms with van der Waals surface area (Å²) in [6, 6.07) is 10.3. The van der Waals surface area contributed by atoms with Crippen LogP contribution in [0.4, 0.5) is 0 Å². The number of hydrogen-bond acceptors (Lipinski definition) is 4. The smallest absolute Gasteiger partial charge is 0.225 e. The van der Waals surface area contributed by atoms with Gasteiger partial charge in [0, 0.05) is 32.8 Å². The Hall–Kier alpha value is -1.92. The molecular weight excluding hydrogens is 330 g/mol. The molecule has 26 heavy (non-hydrogen) atoms. The van der Waals surface area contributed by atoms with Crippen LogP contribution in [0.25, 0.3) is 0 Å². The lowest BCUT2D eigenvalue weighted by Crippen LogP contribution is -2.51. The van der Waals surface area contributed by atoms with Gasteiger partial charge in [0.1, 0.15) is 0 Å². The SMILES string of the molecule is NC(=O)C1(CNC(=O)C2CCCN(Cc3ccccc3)C2)CCOCC1. The number of nitrogens with one attached hydrogen (secondary N) is 1. The molecule has 3 N–H and O–H groups in total. The number of rotatable bonds is 6. The largest absolute Gasteiger partial charge is 0.381 e. The molecule has 2 fully saturated rings. The van der Waals surface area contributed by atoms with Gasteiger partial charge >= 0.3 is 0 Å². The fourth-order valence-electron chi connectivity index (χ4n) is 3.93. The van der Waals surface area contributed by atoms with Gasteiger partial charge in [-0.1, -0.05) is 30.3 Å². The highest BCUT2D eigenvalue weighted by Gasteiger charge is 2.39. The maximum Gasteiger partial charge on any atom is 0.225 e. The molecule has 142 valence electrons. The molecule has 0 saturated carbocycles. The van der Waals surface area contributed by atoms with Gasteiger partial charge in [-0.15, -0.1) is 0 Å². The Labute approximate surface area is 155 Å². The number of carbonyl (C=O) groups is 2. The monoisotopic (exact) mass is 359 g/mol. The normalized spacial score (nSPS) is 23.3. The Morgan fingerprint density at radius 3 is 2.65 bits per heavy atom. The van der Waals surface area contributed by atoms with Crippen molar-refractivity contribution in [1.82, 2.24) is 10.2 Å². The van der Waals surface area contributed by atoms with Gasteiger partial charge in [0.05, 0.1) is 11.3 Å². The van der Waals surface area contributed by atoms with Crippen molar-refractivity contribution in [2.75, 3.05) is 32.8 Å². The molecule has 1 aromatic rings. The van der Waals surface area contributed by atoms with E-state index in [1.54, 1.807) is 0 Å². The van der Waals surface area contributed by atoms with Crippen molar-refractivity contribution < 1.29 is 14.3 Å². The van der Waals surface area contributed by atoms with E-state index in [1.807, 2.05) is 18.2 Å². The molecule has 6 nitrogen and oxygen atoms in total. The Bertz CT molecular complexity index is 614. The van der Waals surface area contributed by atoms with E-state index in [2.05, 4.69) is 22.3 Å². The summed E-state index contributed by atoms with van der Waals surface area (Å²) in [5, 5.41) is 3.01. The van der Waals surface area contributed by atoms with E-state index < -0.39 is 5.41 Å². The van der Waals surface area contributed by atoms with Crippen LogP contribution in [0, 0.1) is 11.3 Å². The van der Waals surface area contributed by atoms with Gasteiger partial charge in [0.2, 0.25) is 11.8 Å². The second-order valence-corrected chi connectivity index (χ2v) is 7.53. The molecule has 2 aliphatic heterocycles. The van der Waals surface area contributed by atoms with Gasteiger partial charge in [-0.25, -0.2) is 0 Å². The molecule has 1 aromatic carbocycles. The number of benzene rings is 1. The number of likely N-dealkylation sites (tertiary alicyclic amines) is 1. The van der Waals surface area contributed by atoms with Crippen LogP contribution in [0.5, 0.6) is 0 Å². The van der Waals surface area contributed by atoms with Gasteiger partial charge in [-0.05, 0) is 37.8 Å². The first-order valence-electron chi connectivity index (χ1n) is 9.51. The number of hydrogen-bond donors (Lipinski definition) is 2. The van der Waals surface area contributed by atoms with E-state index in [9.17, 15) is 9.59 Å². The summed E-state index contributed by atoms with van der Waals surface area (Å²) >= 11 is 0. The molecule has 1 atom stereocenters. The summed E-state index contributed by atoms with van der Waals surface area (Å²) in [6.07, 6.45) is 3.06. The van der Waals surface area contributed by atoms with Crippen LogP contribution in [0.1, 0.15) is 31.2 Å². The van der Waals surface area contributed by atoms with Crippen LogP contribution in [-0.4, -0.2) is 49.6 Å². The molecule has 2 saturated heterocycles. The van der Waals surface area contributed by atoms with Crippen LogP contribution in [0.15, 0.2) is 30.3 Å². The average Bonchev–Trinajstić information content (AvgIpc) is 2.68. The lowest BCUT2D eigenvalue weighted by molar-refractivity contribution is -0.135. The molecule has 0 aliphatic carbocycles. The maximum atomic E-state index is 12.7. The number of carbonyl (C=O) groups excluding carboxylic acids is 2. The van der Waals surface area contributed by atoms with E-state index in [1.165, 1.54) is 5.56 Å². The molecule has 0 bridgehead atoms. The minimum absolute atomic E-state index is 0.0303. The summed E-state index contributed by atoms with van der Waals surface area (Å²) in [5.41, 5.74) is 6.23. The standard InChI is InChI=1S/C20H29N3O3/c21-19(25)20(8-11-26-12-9-20)15-22-18(24)17-7-4-10-23(14-17)13-16-5-2-1-3-6-16/h1-3,5-6,17H,4,7-15H2,(H2,21,25)(H,22,24). The van der Waals surface area contributed by atoms with Gasteiger partial charge < -0.3 is 15.8 Å². The van der Waals surface area contributed by atoms with Crippen LogP contribution in [0.2, 0.25) is 0 Å². The molecule has 6 heteroatoms. The van der Waals surface area contributed by atoms with Crippen molar-refractivity contribution in [3.8, 4) is 0 Å². The first-order valence-corrected chi connectivity index (χ1v) is 9.51. The van der Waals surface area contributed by atoms with Crippen molar-refractivity contribution in [3.63, 3.8) is 0 Å². The molecule has 2 heterocycles. The van der Waals surface area contributed by atoms with Crippen LogP contribution < -0.4 is 11.1 Å². The molecule has 1 unspecified atom stereocenters. The third kappa shape index (κ3) is 4.62. The average molecular weight is 359 g/mol. The molecule has 0 radical (unpaired) electrons. The quantitative estimate of drug-likeness (QED) is 0.802. The fourth-order valence-corrected chi connectivity index (χ4v) is 3.93. The first-order chi connectivity index (χ1) is 12.6. The lowest BCUT2D eigenvalue weighted by atomic mass is 9.79. The Morgan fingerprint density at radius 1 is 1.23 bits per heavy atom. The molecule has 0 spiro atoms. The van der Waals surface area contributed by atoms with E-state index >= 15 is 0 Å². The number of nitrogens with zero attached hydrogens (tertiary/aromatic N) is 1. The fraction of sp³-hybridized carbons (Fsp3) is 0.600. The van der Waals surface area contributed by atoms with Crippen LogP contribution in [0.3, 0.4) is 0 Å². The predicted molar refractivity (Wildman–Crippen MR) is 99.1 cm³/mol. The number of ether oxygens (including phenoxy) is 1. The summed E-state index contributed by atoms with van der Waals surface area (Å²) < 4.78 is 5.34. The molecule has 3 rings (SSSR count). The second kappa shape index (κ2) is 8.64. The zero-order chi connectivity index (χ0) is 18.4. The highest BCUT2D eigenvalue weighted by atomic mass is 16.5. The van der Waals surface area contributed by atoms with Crippen molar-refractivity contribution in [2.45, 2.75) is 32.2 Å². The van der Waals surface area contributed by atoms with Crippen LogP contribution >= 0.6 is 0 Å². The van der Waals surface area contributed by atoms with E-state index in [-0.39, 0.29) is 17.7 Å². The summed E-state index contributed by atoms with van der Waals surface area (Å²) in [4.78, 5) is 26.9. The predicted octanol–water partition coefficient (Wildman–Crippen LogP) is 1.30. The number of primary amides is 1. The first kappa shape index (κ1) is 18.9. The van der Waals surface area contributed by atoms with Gasteiger partial charge in [-0.3, -0.25) is 14.5 Å². The Balaban J connectivity index is 1.53. The zero-order valence-corrected chi connectivity index (χ0v) is 15.3. The summed E-state index contributed by atoms with van der Waals surface area (Å²) in [5.74, 6) is -0.331. The number of nitrogens with two attached hydrogens (primary N) is 1. The van der Waals surface area contributed by atoms with Gasteiger partial charge in [0.15, 0.2) is 0 Å². The second-order valence-electron chi connectivity index (χ2n) is 7.53. The van der Waals surface area contributed by atoms with Crippen molar-refractivity contribution >= 4 is 11.8 Å². The van der Waals surface area contributed by atoms with Crippen molar-refractivity contribution in [1.29, 1.82) is 0 Å². The summed E-state index contributed by atoms with van der Waals surface area (Å²) in [7, 11) is 0. The van der Waals surface area contributed by atoms with Gasteiger partial charge in [-0.2, -0.15) is 0 Å². The Kier molecular flexibility index (Phi) is 6.27. The topological polar surface area (TPSA) is 84.7 Å². The Morgan fingerprint density at radius 2 is 1.96 bits per heavy atom. The van der Waals surface area contributed by atoms with E-state index in [0.29, 0.717) is 32.6 Å².